The van der Waals surface area contributed by atoms with Gasteiger partial charge in [-0.2, -0.15) is 0 Å². The second-order valence-electron chi connectivity index (χ2n) is 5.90. The van der Waals surface area contributed by atoms with Gasteiger partial charge in [0.1, 0.15) is 0 Å². The van der Waals surface area contributed by atoms with Crippen LogP contribution in [0.25, 0.3) is 0 Å². The molecule has 2 N–H and O–H groups in total. The van der Waals surface area contributed by atoms with E-state index in [4.69, 9.17) is 4.74 Å². The lowest BCUT2D eigenvalue weighted by atomic mass is 9.84. The van der Waals surface area contributed by atoms with Crippen LogP contribution in [-0.4, -0.2) is 37.4 Å². The smallest absolute Gasteiger partial charge is 0.223 e. The zero-order chi connectivity index (χ0) is 13.1. The summed E-state index contributed by atoms with van der Waals surface area (Å²) >= 11 is 0. The number of hydrogen-bond donors (Lipinski definition) is 2. The number of carbonyl (C=O) groups is 1. The van der Waals surface area contributed by atoms with E-state index in [2.05, 4.69) is 5.32 Å². The van der Waals surface area contributed by atoms with Crippen LogP contribution < -0.4 is 5.32 Å². The number of rotatable bonds is 6. The van der Waals surface area contributed by atoms with Crippen LogP contribution in [0.3, 0.4) is 0 Å². The molecule has 0 aliphatic heterocycles. The molecular formula is C14H25NO3. The van der Waals surface area contributed by atoms with Crippen molar-refractivity contribution in [1.29, 1.82) is 0 Å². The van der Waals surface area contributed by atoms with Crippen LogP contribution in [0.4, 0.5) is 0 Å². The second-order valence-corrected chi connectivity index (χ2v) is 5.90. The van der Waals surface area contributed by atoms with Crippen LogP contribution in [0.1, 0.15) is 32.6 Å². The van der Waals surface area contributed by atoms with Gasteiger partial charge < -0.3 is 15.2 Å². The minimum absolute atomic E-state index is 0.0107. The Balaban J connectivity index is 1.86. The highest BCUT2D eigenvalue weighted by atomic mass is 16.5. The van der Waals surface area contributed by atoms with Gasteiger partial charge in [0.25, 0.3) is 0 Å². The average Bonchev–Trinajstić information content (AvgIpc) is 2.96. The van der Waals surface area contributed by atoms with Crippen LogP contribution in [0, 0.1) is 23.7 Å². The molecule has 0 aromatic heterocycles. The predicted octanol–water partition coefficient (Wildman–Crippen LogP) is 1.18. The molecule has 4 nitrogen and oxygen atoms in total. The molecule has 5 atom stereocenters. The molecule has 0 spiro atoms. The van der Waals surface area contributed by atoms with Crippen molar-refractivity contribution in [3.63, 3.8) is 0 Å². The highest BCUT2D eigenvalue weighted by Crippen LogP contribution is 2.48. The lowest BCUT2D eigenvalue weighted by Crippen LogP contribution is -2.47. The average molecular weight is 255 g/mol. The Kier molecular flexibility index (Phi) is 4.62. The molecule has 0 saturated heterocycles. The van der Waals surface area contributed by atoms with Crippen molar-refractivity contribution in [3.05, 3.63) is 0 Å². The molecular weight excluding hydrogens is 230 g/mol. The maximum Gasteiger partial charge on any atom is 0.223 e. The Morgan fingerprint density at radius 2 is 2.17 bits per heavy atom. The first-order chi connectivity index (χ1) is 8.67. The molecule has 1 amide bonds. The van der Waals surface area contributed by atoms with E-state index in [0.717, 1.165) is 6.42 Å². The summed E-state index contributed by atoms with van der Waals surface area (Å²) in [5.74, 6) is 1.60. The lowest BCUT2D eigenvalue weighted by molar-refractivity contribution is -0.126. The second kappa shape index (κ2) is 6.02. The predicted molar refractivity (Wildman–Crippen MR) is 69.0 cm³/mol. The van der Waals surface area contributed by atoms with Crippen molar-refractivity contribution < 1.29 is 14.6 Å². The molecule has 2 aliphatic rings. The summed E-state index contributed by atoms with van der Waals surface area (Å²) in [6.45, 7) is 2.77. The SMILES string of the molecule is COCCC(C)C(=O)NC1C2CCC(C2)C1CO. The summed E-state index contributed by atoms with van der Waals surface area (Å²) in [4.78, 5) is 12.1. The van der Waals surface area contributed by atoms with E-state index in [1.807, 2.05) is 6.92 Å². The number of fused-ring (bicyclic) bond motifs is 2. The number of amides is 1. The molecule has 0 aromatic carbocycles. The molecule has 0 aromatic rings. The van der Waals surface area contributed by atoms with Crippen molar-refractivity contribution in [2.75, 3.05) is 20.3 Å². The highest BCUT2D eigenvalue weighted by molar-refractivity contribution is 5.78. The van der Waals surface area contributed by atoms with Crippen molar-refractivity contribution >= 4 is 5.91 Å². The number of ether oxygens (including phenoxy) is 1. The first-order valence-electron chi connectivity index (χ1n) is 7.07. The van der Waals surface area contributed by atoms with Crippen molar-refractivity contribution in [3.8, 4) is 0 Å². The van der Waals surface area contributed by atoms with Gasteiger partial charge in [0.15, 0.2) is 0 Å². The highest BCUT2D eigenvalue weighted by Gasteiger charge is 2.47. The van der Waals surface area contributed by atoms with Gasteiger partial charge in [0, 0.05) is 38.2 Å². The molecule has 2 fully saturated rings. The van der Waals surface area contributed by atoms with E-state index in [1.165, 1.54) is 19.3 Å². The third-order valence-corrected chi connectivity index (χ3v) is 4.81. The first-order valence-corrected chi connectivity index (χ1v) is 7.07. The molecule has 2 saturated carbocycles. The first kappa shape index (κ1) is 13.8. The van der Waals surface area contributed by atoms with E-state index in [1.54, 1.807) is 7.11 Å². The number of nitrogens with one attached hydrogen (secondary N) is 1. The van der Waals surface area contributed by atoms with Gasteiger partial charge in [0.05, 0.1) is 0 Å². The van der Waals surface area contributed by atoms with E-state index < -0.39 is 0 Å². The van der Waals surface area contributed by atoms with Crippen molar-refractivity contribution in [2.24, 2.45) is 23.7 Å². The van der Waals surface area contributed by atoms with Crippen LogP contribution in [-0.2, 0) is 9.53 Å². The lowest BCUT2D eigenvalue weighted by Gasteiger charge is -2.31. The Hall–Kier alpha value is -0.610. The summed E-state index contributed by atoms with van der Waals surface area (Å²) < 4.78 is 5.00. The van der Waals surface area contributed by atoms with E-state index in [0.29, 0.717) is 18.4 Å². The van der Waals surface area contributed by atoms with Crippen LogP contribution >= 0.6 is 0 Å². The zero-order valence-electron chi connectivity index (χ0n) is 11.4. The number of aliphatic hydroxyl groups is 1. The summed E-state index contributed by atoms with van der Waals surface area (Å²) in [6, 6.07) is 0.200. The van der Waals surface area contributed by atoms with Gasteiger partial charge in [-0.05, 0) is 37.5 Å². The molecule has 104 valence electrons. The number of carbonyl (C=O) groups excluding carboxylic acids is 1. The van der Waals surface area contributed by atoms with Gasteiger partial charge in [0.2, 0.25) is 5.91 Å². The zero-order valence-corrected chi connectivity index (χ0v) is 11.4. The van der Waals surface area contributed by atoms with Gasteiger partial charge in [-0.3, -0.25) is 4.79 Å². The minimum Gasteiger partial charge on any atom is -0.396 e. The summed E-state index contributed by atoms with van der Waals surface area (Å²) in [5.41, 5.74) is 0. The number of hydrogen-bond acceptors (Lipinski definition) is 3. The quantitative estimate of drug-likeness (QED) is 0.749. The number of methoxy groups -OCH3 is 1. The monoisotopic (exact) mass is 255 g/mol. The molecule has 4 heteroatoms. The fourth-order valence-corrected chi connectivity index (χ4v) is 3.63. The van der Waals surface area contributed by atoms with Gasteiger partial charge >= 0.3 is 0 Å². The fourth-order valence-electron chi connectivity index (χ4n) is 3.63. The fraction of sp³-hybridized carbons (Fsp3) is 0.929. The molecule has 2 aliphatic carbocycles. The topological polar surface area (TPSA) is 58.6 Å². The molecule has 0 radical (unpaired) electrons. The minimum atomic E-state index is -0.0107. The third-order valence-electron chi connectivity index (χ3n) is 4.81. The standard InChI is InChI=1S/C14H25NO3/c1-9(5-6-18-2)14(17)15-13-11-4-3-10(7-11)12(13)8-16/h9-13,16H,3-8H2,1-2H3,(H,15,17). The van der Waals surface area contributed by atoms with E-state index in [-0.39, 0.29) is 30.4 Å². The van der Waals surface area contributed by atoms with Crippen LogP contribution in [0.5, 0.6) is 0 Å². The Morgan fingerprint density at radius 3 is 2.83 bits per heavy atom. The summed E-state index contributed by atoms with van der Waals surface area (Å²) in [6.07, 6.45) is 4.37. The molecule has 0 heterocycles. The van der Waals surface area contributed by atoms with Crippen LogP contribution in [0.15, 0.2) is 0 Å². The summed E-state index contributed by atoms with van der Waals surface area (Å²) in [7, 11) is 1.66. The maximum atomic E-state index is 12.1. The Labute approximate surface area is 109 Å². The van der Waals surface area contributed by atoms with Crippen molar-refractivity contribution in [1.82, 2.24) is 5.32 Å². The van der Waals surface area contributed by atoms with Gasteiger partial charge in [-0.25, -0.2) is 0 Å². The normalized spacial score (nSPS) is 35.7. The Morgan fingerprint density at radius 1 is 1.44 bits per heavy atom. The largest absolute Gasteiger partial charge is 0.396 e. The van der Waals surface area contributed by atoms with E-state index >= 15 is 0 Å². The van der Waals surface area contributed by atoms with Gasteiger partial charge in [-0.1, -0.05) is 6.92 Å². The molecule has 2 rings (SSSR count). The van der Waals surface area contributed by atoms with E-state index in [9.17, 15) is 9.90 Å². The number of aliphatic hydroxyl groups excluding tert-OH is 1. The molecule has 18 heavy (non-hydrogen) atoms. The van der Waals surface area contributed by atoms with Crippen LogP contribution in [0.2, 0.25) is 0 Å². The Bertz CT molecular complexity index is 295. The van der Waals surface area contributed by atoms with Gasteiger partial charge in [-0.15, -0.1) is 0 Å². The summed E-state index contributed by atoms with van der Waals surface area (Å²) in [5, 5.41) is 12.6. The molecule has 2 bridgehead atoms. The molecule has 5 unspecified atom stereocenters. The maximum absolute atomic E-state index is 12.1. The third kappa shape index (κ3) is 2.69. The van der Waals surface area contributed by atoms with Crippen molar-refractivity contribution in [2.45, 2.75) is 38.6 Å².